The zero-order chi connectivity index (χ0) is 16.2. The van der Waals surface area contributed by atoms with E-state index in [1.807, 2.05) is 34.6 Å². The molecule has 0 aliphatic carbocycles. The predicted octanol–water partition coefficient (Wildman–Crippen LogP) is 3.69. The third kappa shape index (κ3) is 8.45. The fraction of sp³-hybridized carbons (Fsp3) is 1.00. The molecular formula is C13H31O6PSi. The van der Waals surface area contributed by atoms with Crippen molar-refractivity contribution in [1.29, 1.82) is 0 Å². The first-order valence-electron chi connectivity index (χ1n) is 7.81. The van der Waals surface area contributed by atoms with E-state index in [1.165, 1.54) is 0 Å². The second-order valence-corrected chi connectivity index (χ2v) is 9.17. The van der Waals surface area contributed by atoms with Gasteiger partial charge >= 0.3 is 16.4 Å². The standard InChI is InChI=1S/C13H31O6PSi/c1-6-15-20(14,16-7-2)12-11-13-21(17-8-3,18-9-4)19-10-5/h6-13H2,1-5H3. The summed E-state index contributed by atoms with van der Waals surface area (Å²) in [5.41, 5.74) is 0. The Kier molecular flexibility index (Phi) is 11.9. The number of hydrogen-bond acceptors (Lipinski definition) is 6. The highest BCUT2D eigenvalue weighted by Crippen LogP contribution is 2.49. The Labute approximate surface area is 130 Å². The maximum absolute atomic E-state index is 12.4. The molecule has 0 spiro atoms. The summed E-state index contributed by atoms with van der Waals surface area (Å²) in [7, 11) is -5.68. The minimum Gasteiger partial charge on any atom is -0.374 e. The molecule has 21 heavy (non-hydrogen) atoms. The lowest BCUT2D eigenvalue weighted by Gasteiger charge is -2.28. The van der Waals surface area contributed by atoms with Crippen molar-refractivity contribution in [2.24, 2.45) is 0 Å². The molecule has 0 N–H and O–H groups in total. The van der Waals surface area contributed by atoms with E-state index in [-0.39, 0.29) is 0 Å². The van der Waals surface area contributed by atoms with Crippen LogP contribution in [0.25, 0.3) is 0 Å². The van der Waals surface area contributed by atoms with Crippen molar-refractivity contribution in [2.45, 2.75) is 47.1 Å². The van der Waals surface area contributed by atoms with Crippen LogP contribution in [0.3, 0.4) is 0 Å². The Balaban J connectivity index is 4.61. The molecule has 0 saturated carbocycles. The molecule has 6 nitrogen and oxygen atoms in total. The number of rotatable bonds is 14. The van der Waals surface area contributed by atoms with E-state index in [1.54, 1.807) is 0 Å². The van der Waals surface area contributed by atoms with Gasteiger partial charge in [-0.15, -0.1) is 0 Å². The van der Waals surface area contributed by atoms with Gasteiger partial charge in [0.05, 0.1) is 19.4 Å². The summed E-state index contributed by atoms with van der Waals surface area (Å²) in [4.78, 5) is 0. The second kappa shape index (κ2) is 11.8. The van der Waals surface area contributed by atoms with Crippen LogP contribution >= 0.6 is 7.60 Å². The Morgan fingerprint density at radius 1 is 0.762 bits per heavy atom. The SMILES string of the molecule is CCO[Si](CCCP(=O)(OCC)OCC)(OCC)OCC. The van der Waals surface area contributed by atoms with Gasteiger partial charge in [0.1, 0.15) is 0 Å². The molecule has 0 rings (SSSR count). The van der Waals surface area contributed by atoms with Crippen LogP contribution in [0.4, 0.5) is 0 Å². The molecule has 0 aromatic rings. The summed E-state index contributed by atoms with van der Waals surface area (Å²) in [5.74, 6) is 0. The van der Waals surface area contributed by atoms with Crippen LogP contribution in [0.15, 0.2) is 0 Å². The third-order valence-electron chi connectivity index (χ3n) is 2.66. The summed E-state index contributed by atoms with van der Waals surface area (Å²) in [5, 5.41) is 0. The minimum absolute atomic E-state index is 0.358. The summed E-state index contributed by atoms with van der Waals surface area (Å²) < 4.78 is 40.3. The van der Waals surface area contributed by atoms with Gasteiger partial charge in [-0.25, -0.2) is 0 Å². The topological polar surface area (TPSA) is 63.2 Å². The van der Waals surface area contributed by atoms with Gasteiger partial charge < -0.3 is 22.3 Å². The number of hydrogen-bond donors (Lipinski definition) is 0. The van der Waals surface area contributed by atoms with Crippen molar-refractivity contribution in [1.82, 2.24) is 0 Å². The first-order valence-corrected chi connectivity index (χ1v) is 11.5. The average molecular weight is 342 g/mol. The van der Waals surface area contributed by atoms with Gasteiger partial charge in [0.15, 0.2) is 0 Å². The van der Waals surface area contributed by atoms with Gasteiger partial charge in [0.2, 0.25) is 0 Å². The molecule has 128 valence electrons. The predicted molar refractivity (Wildman–Crippen MR) is 85.8 cm³/mol. The van der Waals surface area contributed by atoms with Crippen LogP contribution in [-0.2, 0) is 26.9 Å². The molecule has 0 unspecified atom stereocenters. The van der Waals surface area contributed by atoms with Crippen LogP contribution in [0.1, 0.15) is 41.0 Å². The third-order valence-corrected chi connectivity index (χ3v) is 7.98. The molecule has 0 aliphatic rings. The van der Waals surface area contributed by atoms with E-state index >= 15 is 0 Å². The van der Waals surface area contributed by atoms with Gasteiger partial charge in [0, 0.05) is 25.9 Å². The van der Waals surface area contributed by atoms with Gasteiger partial charge in [0.25, 0.3) is 0 Å². The zero-order valence-electron chi connectivity index (χ0n) is 14.1. The zero-order valence-corrected chi connectivity index (χ0v) is 15.9. The molecule has 0 aliphatic heterocycles. The van der Waals surface area contributed by atoms with Crippen LogP contribution in [-0.4, -0.2) is 48.0 Å². The molecule has 0 amide bonds. The van der Waals surface area contributed by atoms with Crippen LogP contribution < -0.4 is 0 Å². The van der Waals surface area contributed by atoms with Crippen molar-refractivity contribution in [3.8, 4) is 0 Å². The van der Waals surface area contributed by atoms with Crippen molar-refractivity contribution in [2.75, 3.05) is 39.2 Å². The summed E-state index contributed by atoms with van der Waals surface area (Å²) >= 11 is 0. The van der Waals surface area contributed by atoms with Gasteiger partial charge in [-0.1, -0.05) is 0 Å². The average Bonchev–Trinajstić information content (AvgIpc) is 2.40. The Morgan fingerprint density at radius 3 is 1.52 bits per heavy atom. The fourth-order valence-electron chi connectivity index (χ4n) is 2.05. The van der Waals surface area contributed by atoms with Crippen molar-refractivity contribution >= 4 is 16.4 Å². The van der Waals surface area contributed by atoms with Gasteiger partial charge in [-0.2, -0.15) is 0 Å². The highest BCUT2D eigenvalue weighted by Gasteiger charge is 2.40. The largest absolute Gasteiger partial charge is 0.500 e. The van der Waals surface area contributed by atoms with E-state index in [9.17, 15) is 4.57 Å². The van der Waals surface area contributed by atoms with E-state index in [4.69, 9.17) is 22.3 Å². The minimum atomic E-state index is -3.01. The Bertz CT molecular complexity index is 275. The first kappa shape index (κ1) is 21.2. The quantitative estimate of drug-likeness (QED) is 0.354. The molecule has 0 saturated heterocycles. The molecule has 0 aromatic carbocycles. The van der Waals surface area contributed by atoms with E-state index in [0.717, 1.165) is 0 Å². The lowest BCUT2D eigenvalue weighted by Crippen LogP contribution is -2.46. The molecule has 0 radical (unpaired) electrons. The van der Waals surface area contributed by atoms with Crippen molar-refractivity contribution in [3.63, 3.8) is 0 Å². The summed E-state index contributed by atoms with van der Waals surface area (Å²) in [6, 6.07) is 0.618. The van der Waals surface area contributed by atoms with E-state index in [0.29, 0.717) is 51.7 Å². The Hall–Kier alpha value is 0.247. The van der Waals surface area contributed by atoms with E-state index in [2.05, 4.69) is 0 Å². The highest BCUT2D eigenvalue weighted by atomic mass is 31.2. The molecule has 0 atom stereocenters. The molecule has 0 bridgehead atoms. The highest BCUT2D eigenvalue weighted by molar-refractivity contribution is 7.53. The van der Waals surface area contributed by atoms with E-state index < -0.39 is 16.4 Å². The van der Waals surface area contributed by atoms with Crippen molar-refractivity contribution in [3.05, 3.63) is 0 Å². The maximum atomic E-state index is 12.4. The monoisotopic (exact) mass is 342 g/mol. The molecule has 0 heterocycles. The molecule has 0 aromatic heterocycles. The normalized spacial score (nSPS) is 12.8. The van der Waals surface area contributed by atoms with Crippen LogP contribution in [0, 0.1) is 0 Å². The van der Waals surface area contributed by atoms with Gasteiger partial charge in [-0.3, -0.25) is 4.57 Å². The summed E-state index contributed by atoms with van der Waals surface area (Å²) in [6.45, 7) is 11.8. The first-order chi connectivity index (χ1) is 10.0. The fourth-order valence-corrected chi connectivity index (χ4v) is 6.62. The molecule has 0 fully saturated rings. The second-order valence-electron chi connectivity index (χ2n) is 4.26. The van der Waals surface area contributed by atoms with Crippen molar-refractivity contribution < 1.29 is 26.9 Å². The molecular weight excluding hydrogens is 311 g/mol. The lowest BCUT2D eigenvalue weighted by atomic mass is 10.6. The van der Waals surface area contributed by atoms with Gasteiger partial charge in [-0.05, 0) is 41.0 Å². The Morgan fingerprint density at radius 2 is 1.19 bits per heavy atom. The smallest absolute Gasteiger partial charge is 0.374 e. The van der Waals surface area contributed by atoms with Crippen LogP contribution in [0.2, 0.25) is 6.04 Å². The lowest BCUT2D eigenvalue weighted by molar-refractivity contribution is 0.0711. The maximum Gasteiger partial charge on any atom is 0.500 e. The molecule has 8 heteroatoms. The van der Waals surface area contributed by atoms with Crippen LogP contribution in [0.5, 0.6) is 0 Å². The summed E-state index contributed by atoms with van der Waals surface area (Å²) in [6.07, 6.45) is 0.986.